The summed E-state index contributed by atoms with van der Waals surface area (Å²) in [6.07, 6.45) is 3.84. The first kappa shape index (κ1) is 17.5. The van der Waals surface area contributed by atoms with Crippen molar-refractivity contribution in [3.8, 4) is 17.1 Å². The van der Waals surface area contributed by atoms with Gasteiger partial charge in [-0.3, -0.25) is 0 Å². The molecule has 0 spiro atoms. The van der Waals surface area contributed by atoms with Gasteiger partial charge in [-0.2, -0.15) is 0 Å². The van der Waals surface area contributed by atoms with E-state index in [0.717, 1.165) is 29.4 Å². The van der Waals surface area contributed by atoms with Gasteiger partial charge in [-0.05, 0) is 43.7 Å². The van der Waals surface area contributed by atoms with Crippen molar-refractivity contribution >= 4 is 23.4 Å². The van der Waals surface area contributed by atoms with E-state index in [-0.39, 0.29) is 0 Å². The average Bonchev–Trinajstić information content (AvgIpc) is 3.27. The van der Waals surface area contributed by atoms with Crippen LogP contribution in [0, 0.1) is 6.92 Å². The quantitative estimate of drug-likeness (QED) is 0.685. The fourth-order valence-corrected chi connectivity index (χ4v) is 3.98. The number of anilines is 2. The number of hydrogen-bond donors (Lipinski definition) is 2. The van der Waals surface area contributed by atoms with Gasteiger partial charge < -0.3 is 20.7 Å². The molecule has 1 aliphatic rings. The average molecular weight is 380 g/mol. The third-order valence-corrected chi connectivity index (χ3v) is 5.45. The van der Waals surface area contributed by atoms with Crippen LogP contribution >= 0.6 is 11.8 Å². The molecule has 1 unspecified atom stereocenters. The summed E-state index contributed by atoms with van der Waals surface area (Å²) >= 11 is 1.72. The number of nitrogens with zero attached hydrogens (tertiary/aromatic N) is 2. The Morgan fingerprint density at radius 3 is 2.78 bits per heavy atom. The molecule has 0 amide bonds. The molecule has 0 bridgehead atoms. The van der Waals surface area contributed by atoms with Crippen molar-refractivity contribution in [1.82, 2.24) is 10.1 Å². The van der Waals surface area contributed by atoms with Gasteiger partial charge >= 0.3 is 0 Å². The standard InChI is InChI=1S/C20H20N4O2S/c1-12-2-4-14(5-3-12)25-19-9-6-15(27-19)10-13-11-17(26-24-13)16-7-8-18(21)23-20(16)22/h2-5,7-9,11,15H,6,10H2,1H3,(H4,21,22,23). The zero-order valence-corrected chi connectivity index (χ0v) is 15.7. The van der Waals surface area contributed by atoms with Crippen LogP contribution in [-0.4, -0.2) is 15.4 Å². The largest absolute Gasteiger partial charge is 0.451 e. The smallest absolute Gasteiger partial charge is 0.170 e. The van der Waals surface area contributed by atoms with E-state index < -0.39 is 0 Å². The van der Waals surface area contributed by atoms with Crippen LogP contribution in [0.3, 0.4) is 0 Å². The van der Waals surface area contributed by atoms with E-state index in [4.69, 9.17) is 20.7 Å². The van der Waals surface area contributed by atoms with Gasteiger partial charge in [0.2, 0.25) is 0 Å². The lowest BCUT2D eigenvalue weighted by Gasteiger charge is -2.09. The van der Waals surface area contributed by atoms with E-state index in [1.807, 2.05) is 30.3 Å². The molecule has 1 atom stereocenters. The van der Waals surface area contributed by atoms with Gasteiger partial charge in [0.05, 0.1) is 11.3 Å². The molecule has 4 rings (SSSR count). The minimum absolute atomic E-state index is 0.336. The van der Waals surface area contributed by atoms with E-state index >= 15 is 0 Å². The van der Waals surface area contributed by atoms with Crippen LogP contribution < -0.4 is 16.2 Å². The van der Waals surface area contributed by atoms with Crippen LogP contribution in [0.4, 0.5) is 11.6 Å². The lowest BCUT2D eigenvalue weighted by molar-refractivity contribution is 0.423. The molecule has 1 aromatic carbocycles. The Morgan fingerprint density at radius 1 is 1.19 bits per heavy atom. The second-order valence-corrected chi connectivity index (χ2v) is 7.77. The number of aromatic nitrogens is 2. The Bertz CT molecular complexity index is 982. The minimum Gasteiger partial charge on any atom is -0.451 e. The summed E-state index contributed by atoms with van der Waals surface area (Å²) in [5, 5.41) is 5.47. The summed E-state index contributed by atoms with van der Waals surface area (Å²) < 4.78 is 11.4. The van der Waals surface area contributed by atoms with Gasteiger partial charge in [-0.1, -0.05) is 34.6 Å². The lowest BCUT2D eigenvalue weighted by atomic mass is 10.1. The number of rotatable bonds is 5. The van der Waals surface area contributed by atoms with Gasteiger partial charge in [0, 0.05) is 17.7 Å². The fraction of sp³-hybridized carbons (Fsp3) is 0.200. The monoisotopic (exact) mass is 380 g/mol. The first-order chi connectivity index (χ1) is 13.1. The number of nitrogens with two attached hydrogens (primary N) is 2. The molecular formula is C20H20N4O2S. The van der Waals surface area contributed by atoms with E-state index in [1.54, 1.807) is 23.9 Å². The number of ether oxygens (including phenoxy) is 1. The van der Waals surface area contributed by atoms with Crippen molar-refractivity contribution in [2.75, 3.05) is 11.5 Å². The van der Waals surface area contributed by atoms with Crippen molar-refractivity contribution in [2.45, 2.75) is 25.0 Å². The number of nitrogen functional groups attached to an aromatic ring is 2. The molecule has 0 radical (unpaired) electrons. The molecule has 3 heterocycles. The van der Waals surface area contributed by atoms with Crippen LogP contribution in [0.2, 0.25) is 0 Å². The van der Waals surface area contributed by atoms with Gasteiger partial charge in [-0.15, -0.1) is 0 Å². The number of aryl methyl sites for hydroxylation is 1. The molecule has 0 saturated carbocycles. The highest BCUT2D eigenvalue weighted by Gasteiger charge is 2.22. The van der Waals surface area contributed by atoms with E-state index in [2.05, 4.69) is 23.1 Å². The Labute approximate surface area is 161 Å². The Kier molecular flexibility index (Phi) is 4.77. The fourth-order valence-electron chi connectivity index (χ4n) is 2.87. The molecule has 3 aromatic rings. The van der Waals surface area contributed by atoms with Crippen LogP contribution in [-0.2, 0) is 6.42 Å². The normalized spacial score (nSPS) is 16.3. The van der Waals surface area contributed by atoms with Gasteiger partial charge in [0.1, 0.15) is 17.4 Å². The van der Waals surface area contributed by atoms with Crippen LogP contribution in [0.5, 0.6) is 5.75 Å². The van der Waals surface area contributed by atoms with Crippen molar-refractivity contribution in [1.29, 1.82) is 0 Å². The van der Waals surface area contributed by atoms with Crippen LogP contribution in [0.1, 0.15) is 17.7 Å². The molecule has 6 nitrogen and oxygen atoms in total. The summed E-state index contributed by atoms with van der Waals surface area (Å²) in [5.74, 6) is 2.17. The Balaban J connectivity index is 1.37. The molecule has 0 saturated heterocycles. The maximum absolute atomic E-state index is 5.94. The highest BCUT2D eigenvalue weighted by atomic mass is 32.2. The molecule has 7 heteroatoms. The van der Waals surface area contributed by atoms with E-state index in [9.17, 15) is 0 Å². The van der Waals surface area contributed by atoms with Crippen molar-refractivity contribution in [2.24, 2.45) is 0 Å². The molecular weight excluding hydrogens is 360 g/mol. The topological polar surface area (TPSA) is 100 Å². The Morgan fingerprint density at radius 2 is 2.00 bits per heavy atom. The SMILES string of the molecule is Cc1ccc(OC2=CCC(Cc3cc(-c4ccc(N)nc4N)on3)S2)cc1. The van der Waals surface area contributed by atoms with Crippen molar-refractivity contribution in [3.63, 3.8) is 0 Å². The second kappa shape index (κ2) is 7.36. The summed E-state index contributed by atoms with van der Waals surface area (Å²) in [6, 6.07) is 13.4. The summed E-state index contributed by atoms with van der Waals surface area (Å²) in [6.45, 7) is 2.06. The predicted molar refractivity (Wildman–Crippen MR) is 108 cm³/mol. The van der Waals surface area contributed by atoms with Crippen LogP contribution in [0.25, 0.3) is 11.3 Å². The van der Waals surface area contributed by atoms with Gasteiger partial charge in [0.25, 0.3) is 0 Å². The highest BCUT2D eigenvalue weighted by Crippen LogP contribution is 2.36. The van der Waals surface area contributed by atoms with Gasteiger partial charge in [-0.25, -0.2) is 4.98 Å². The van der Waals surface area contributed by atoms with Crippen LogP contribution in [0.15, 0.2) is 58.2 Å². The zero-order valence-electron chi connectivity index (χ0n) is 14.9. The first-order valence-electron chi connectivity index (χ1n) is 8.66. The number of allylic oxidation sites excluding steroid dienone is 1. The highest BCUT2D eigenvalue weighted by molar-refractivity contribution is 8.03. The number of hydrogen-bond acceptors (Lipinski definition) is 7. The van der Waals surface area contributed by atoms with Gasteiger partial charge in [0.15, 0.2) is 10.9 Å². The maximum atomic E-state index is 5.94. The third kappa shape index (κ3) is 4.09. The van der Waals surface area contributed by atoms with Crippen molar-refractivity contribution in [3.05, 3.63) is 64.9 Å². The summed E-state index contributed by atoms with van der Waals surface area (Å²) in [5.41, 5.74) is 14.3. The molecule has 138 valence electrons. The summed E-state index contributed by atoms with van der Waals surface area (Å²) in [4.78, 5) is 4.06. The van der Waals surface area contributed by atoms with Crippen molar-refractivity contribution < 1.29 is 9.26 Å². The zero-order chi connectivity index (χ0) is 18.8. The number of thioether (sulfide) groups is 1. The molecule has 0 fully saturated rings. The Hall–Kier alpha value is -2.93. The van der Waals surface area contributed by atoms with E-state index in [0.29, 0.717) is 28.2 Å². The minimum atomic E-state index is 0.336. The molecule has 2 aromatic heterocycles. The molecule has 1 aliphatic heterocycles. The predicted octanol–water partition coefficient (Wildman–Crippen LogP) is 4.18. The molecule has 4 N–H and O–H groups in total. The second-order valence-electron chi connectivity index (χ2n) is 6.47. The number of pyridine rings is 1. The van der Waals surface area contributed by atoms with E-state index in [1.165, 1.54) is 5.56 Å². The number of benzene rings is 1. The molecule has 0 aliphatic carbocycles. The lowest BCUT2D eigenvalue weighted by Crippen LogP contribution is -2.03. The first-order valence-corrected chi connectivity index (χ1v) is 9.54. The maximum Gasteiger partial charge on any atom is 0.170 e. The molecule has 27 heavy (non-hydrogen) atoms. The summed E-state index contributed by atoms with van der Waals surface area (Å²) in [7, 11) is 0. The third-order valence-electron chi connectivity index (χ3n) is 4.28.